The van der Waals surface area contributed by atoms with Gasteiger partial charge in [-0.25, -0.2) is 4.79 Å². The van der Waals surface area contributed by atoms with Crippen molar-refractivity contribution in [3.63, 3.8) is 0 Å². The molecule has 0 saturated heterocycles. The Morgan fingerprint density at radius 1 is 1.08 bits per heavy atom. The van der Waals surface area contributed by atoms with Gasteiger partial charge < -0.3 is 9.47 Å². The summed E-state index contributed by atoms with van der Waals surface area (Å²) in [5, 5.41) is 4.12. The number of hydrazone groups is 1. The van der Waals surface area contributed by atoms with Gasteiger partial charge in [-0.3, -0.25) is 10.2 Å². The minimum absolute atomic E-state index is 0.149. The maximum Gasteiger partial charge on any atom is 0.355 e. The molecule has 0 fully saturated rings. The SMILES string of the molecule is CCOC(=O)C1=NN[C@H](C(=O)c2ccc(OC)cc2)[C@H]1c1ccccc1. The number of ketones is 1. The first kappa shape index (κ1) is 17.7. The van der Waals surface area contributed by atoms with Crippen molar-refractivity contribution < 1.29 is 19.1 Å². The van der Waals surface area contributed by atoms with Gasteiger partial charge >= 0.3 is 5.97 Å². The predicted molar refractivity (Wildman–Crippen MR) is 97.5 cm³/mol. The number of nitrogens with zero attached hydrogens (tertiary/aromatic N) is 1. The van der Waals surface area contributed by atoms with Gasteiger partial charge in [0.1, 0.15) is 11.8 Å². The summed E-state index contributed by atoms with van der Waals surface area (Å²) in [6.07, 6.45) is 0. The van der Waals surface area contributed by atoms with Gasteiger partial charge in [-0.1, -0.05) is 30.3 Å². The fraction of sp³-hybridized carbons (Fsp3) is 0.250. The maximum atomic E-state index is 13.0. The van der Waals surface area contributed by atoms with Crippen LogP contribution in [0.3, 0.4) is 0 Å². The molecule has 2 aromatic carbocycles. The summed E-state index contributed by atoms with van der Waals surface area (Å²) in [5.74, 6) is -0.503. The third-order valence-corrected chi connectivity index (χ3v) is 4.25. The van der Waals surface area contributed by atoms with E-state index in [4.69, 9.17) is 9.47 Å². The zero-order valence-electron chi connectivity index (χ0n) is 14.6. The molecule has 0 bridgehead atoms. The number of carbonyl (C=O) groups is 2. The first-order valence-corrected chi connectivity index (χ1v) is 8.39. The van der Waals surface area contributed by atoms with Crippen LogP contribution < -0.4 is 10.2 Å². The summed E-state index contributed by atoms with van der Waals surface area (Å²) in [5.41, 5.74) is 4.39. The number of Topliss-reactive ketones (excluding diaryl/α,β-unsaturated/α-hetero) is 1. The van der Waals surface area contributed by atoms with Gasteiger partial charge in [-0.05, 0) is 36.8 Å². The summed E-state index contributed by atoms with van der Waals surface area (Å²) >= 11 is 0. The maximum absolute atomic E-state index is 13.0. The van der Waals surface area contributed by atoms with Gasteiger partial charge in [0, 0.05) is 5.56 Å². The molecule has 0 aliphatic carbocycles. The van der Waals surface area contributed by atoms with Crippen molar-refractivity contribution in [3.05, 3.63) is 65.7 Å². The van der Waals surface area contributed by atoms with Crippen molar-refractivity contribution in [1.82, 2.24) is 5.43 Å². The highest BCUT2D eigenvalue weighted by Gasteiger charge is 2.41. The number of esters is 1. The topological polar surface area (TPSA) is 77.0 Å². The minimum atomic E-state index is -0.676. The zero-order chi connectivity index (χ0) is 18.5. The van der Waals surface area contributed by atoms with E-state index in [1.165, 1.54) is 0 Å². The summed E-state index contributed by atoms with van der Waals surface area (Å²) in [6, 6.07) is 15.6. The highest BCUT2D eigenvalue weighted by molar-refractivity contribution is 6.40. The Morgan fingerprint density at radius 3 is 2.38 bits per heavy atom. The van der Waals surface area contributed by atoms with Crippen molar-refractivity contribution in [2.45, 2.75) is 18.9 Å². The summed E-state index contributed by atoms with van der Waals surface area (Å²) in [4.78, 5) is 25.3. The molecule has 1 heterocycles. The summed E-state index contributed by atoms with van der Waals surface area (Å²) in [6.45, 7) is 1.98. The highest BCUT2D eigenvalue weighted by atomic mass is 16.5. The van der Waals surface area contributed by atoms with Crippen LogP contribution in [0.1, 0.15) is 28.8 Å². The first-order chi connectivity index (χ1) is 12.7. The van der Waals surface area contributed by atoms with Crippen LogP contribution in [0.2, 0.25) is 0 Å². The number of ether oxygens (including phenoxy) is 2. The molecule has 1 aliphatic rings. The number of hydrogen-bond donors (Lipinski definition) is 1. The van der Waals surface area contributed by atoms with E-state index >= 15 is 0 Å². The second kappa shape index (κ2) is 7.82. The lowest BCUT2D eigenvalue weighted by Gasteiger charge is -2.19. The first-order valence-electron chi connectivity index (χ1n) is 8.39. The third-order valence-electron chi connectivity index (χ3n) is 4.25. The number of benzene rings is 2. The second-order valence-corrected chi connectivity index (χ2v) is 5.81. The van der Waals surface area contributed by atoms with E-state index in [1.54, 1.807) is 38.3 Å². The smallest absolute Gasteiger partial charge is 0.355 e. The lowest BCUT2D eigenvalue weighted by Crippen LogP contribution is -2.37. The van der Waals surface area contributed by atoms with E-state index in [1.807, 2.05) is 30.3 Å². The van der Waals surface area contributed by atoms with E-state index in [2.05, 4.69) is 10.5 Å². The normalized spacial score (nSPS) is 18.6. The molecule has 0 spiro atoms. The predicted octanol–water partition coefficient (Wildman–Crippen LogP) is 2.55. The van der Waals surface area contributed by atoms with Gasteiger partial charge in [0.05, 0.1) is 19.6 Å². The molecule has 0 saturated carbocycles. The van der Waals surface area contributed by atoms with Gasteiger partial charge in [0.25, 0.3) is 0 Å². The van der Waals surface area contributed by atoms with Crippen LogP contribution in [0.15, 0.2) is 59.7 Å². The molecule has 26 heavy (non-hydrogen) atoms. The van der Waals surface area contributed by atoms with Crippen LogP contribution in [0.4, 0.5) is 0 Å². The molecular weight excluding hydrogens is 332 g/mol. The van der Waals surface area contributed by atoms with Crippen LogP contribution in [0, 0.1) is 0 Å². The van der Waals surface area contributed by atoms with Crippen molar-refractivity contribution in [2.24, 2.45) is 5.10 Å². The van der Waals surface area contributed by atoms with Crippen LogP contribution in [-0.4, -0.2) is 37.2 Å². The number of nitrogens with one attached hydrogen (secondary N) is 1. The molecule has 3 rings (SSSR count). The van der Waals surface area contributed by atoms with Crippen molar-refractivity contribution in [3.8, 4) is 5.75 Å². The number of carbonyl (C=O) groups excluding carboxylic acids is 2. The number of methoxy groups -OCH3 is 1. The van der Waals surface area contributed by atoms with Crippen molar-refractivity contribution in [1.29, 1.82) is 0 Å². The fourth-order valence-electron chi connectivity index (χ4n) is 2.97. The molecule has 0 radical (unpaired) electrons. The standard InChI is InChI=1S/C20H20N2O4/c1-3-26-20(24)18-16(13-7-5-4-6-8-13)17(21-22-18)19(23)14-9-11-15(25-2)12-10-14/h4-12,16-17,21H,3H2,1-2H3/t16-,17+/m1/s1. The van der Waals surface area contributed by atoms with Gasteiger partial charge in [-0.15, -0.1) is 0 Å². The van der Waals surface area contributed by atoms with E-state index < -0.39 is 17.9 Å². The Hall–Kier alpha value is -3.15. The zero-order valence-corrected chi connectivity index (χ0v) is 14.6. The average Bonchev–Trinajstić information content (AvgIpc) is 3.13. The van der Waals surface area contributed by atoms with Crippen LogP contribution in [0.5, 0.6) is 5.75 Å². The molecule has 0 amide bonds. The second-order valence-electron chi connectivity index (χ2n) is 5.81. The number of rotatable bonds is 6. The lowest BCUT2D eigenvalue weighted by molar-refractivity contribution is -0.135. The van der Waals surface area contributed by atoms with E-state index in [-0.39, 0.29) is 18.1 Å². The quantitative estimate of drug-likeness (QED) is 0.639. The van der Waals surface area contributed by atoms with Crippen LogP contribution in [-0.2, 0) is 9.53 Å². The molecule has 134 valence electrons. The molecule has 6 nitrogen and oxygen atoms in total. The Morgan fingerprint density at radius 2 is 1.77 bits per heavy atom. The molecule has 0 unspecified atom stereocenters. The van der Waals surface area contributed by atoms with Crippen molar-refractivity contribution in [2.75, 3.05) is 13.7 Å². The lowest BCUT2D eigenvalue weighted by atomic mass is 9.84. The minimum Gasteiger partial charge on any atom is -0.497 e. The average molecular weight is 352 g/mol. The Kier molecular flexibility index (Phi) is 5.31. The molecule has 1 aliphatic heterocycles. The Labute approximate surface area is 151 Å². The fourth-order valence-corrected chi connectivity index (χ4v) is 2.97. The van der Waals surface area contributed by atoms with Gasteiger partial charge in [-0.2, -0.15) is 5.10 Å². The van der Waals surface area contributed by atoms with E-state index in [0.29, 0.717) is 11.3 Å². The summed E-state index contributed by atoms with van der Waals surface area (Å²) in [7, 11) is 1.57. The van der Waals surface area contributed by atoms with Gasteiger partial charge in [0.2, 0.25) is 0 Å². The summed E-state index contributed by atoms with van der Waals surface area (Å²) < 4.78 is 10.2. The molecule has 0 aromatic heterocycles. The molecule has 1 N–H and O–H groups in total. The van der Waals surface area contributed by atoms with Crippen LogP contribution in [0.25, 0.3) is 0 Å². The number of hydrogen-bond acceptors (Lipinski definition) is 6. The Balaban J connectivity index is 1.92. The van der Waals surface area contributed by atoms with Gasteiger partial charge in [0.15, 0.2) is 11.5 Å². The molecular formula is C20H20N2O4. The monoisotopic (exact) mass is 352 g/mol. The molecule has 2 aromatic rings. The largest absolute Gasteiger partial charge is 0.497 e. The third kappa shape index (κ3) is 3.44. The molecule has 6 heteroatoms. The van der Waals surface area contributed by atoms with Crippen LogP contribution >= 0.6 is 0 Å². The van der Waals surface area contributed by atoms with Crippen molar-refractivity contribution >= 4 is 17.5 Å². The highest BCUT2D eigenvalue weighted by Crippen LogP contribution is 2.29. The van der Waals surface area contributed by atoms with E-state index in [9.17, 15) is 9.59 Å². The Bertz CT molecular complexity index is 815. The van der Waals surface area contributed by atoms with E-state index in [0.717, 1.165) is 5.56 Å². The molecule has 2 atom stereocenters.